The van der Waals surface area contributed by atoms with Crippen molar-refractivity contribution in [2.45, 2.75) is 24.5 Å². The minimum absolute atomic E-state index is 0.0946. The van der Waals surface area contributed by atoms with E-state index in [2.05, 4.69) is 0 Å². The van der Waals surface area contributed by atoms with Crippen LogP contribution < -0.4 is 0 Å². The number of Topliss-reactive ketones (excluding diaryl/α,β-unsaturated/α-hetero) is 1. The molecule has 0 bridgehead atoms. The van der Waals surface area contributed by atoms with E-state index in [1.165, 1.54) is 12.1 Å². The van der Waals surface area contributed by atoms with Crippen molar-refractivity contribution in [1.82, 2.24) is 4.57 Å². The van der Waals surface area contributed by atoms with Crippen LogP contribution in [0.5, 0.6) is 0 Å². The first-order valence-electron chi connectivity index (χ1n) is 9.29. The fourth-order valence-corrected chi connectivity index (χ4v) is 3.93. The first kappa shape index (κ1) is 23.3. The number of hydrogen-bond donors (Lipinski definition) is 0. The second kappa shape index (κ2) is 8.99. The zero-order valence-electron chi connectivity index (χ0n) is 17.0. The van der Waals surface area contributed by atoms with Gasteiger partial charge in [-0.25, -0.2) is 17.6 Å². The highest BCUT2D eigenvalue weighted by Gasteiger charge is 2.26. The van der Waals surface area contributed by atoms with Crippen molar-refractivity contribution >= 4 is 21.6 Å². The smallest absolute Gasteiger partial charge is 0.341 e. The van der Waals surface area contributed by atoms with Crippen LogP contribution in [0.2, 0.25) is 0 Å². The second-order valence-corrected chi connectivity index (χ2v) is 8.84. The van der Waals surface area contributed by atoms with Gasteiger partial charge in [-0.15, -0.1) is 0 Å². The van der Waals surface area contributed by atoms with Crippen LogP contribution in [0, 0.1) is 19.7 Å². The molecular weight excluding hydrogens is 447 g/mol. The van der Waals surface area contributed by atoms with E-state index in [4.69, 9.17) is 4.74 Å². The van der Waals surface area contributed by atoms with Crippen molar-refractivity contribution in [1.29, 1.82) is 0 Å². The fraction of sp³-hybridized carbons (Fsp3) is 0.182. The summed E-state index contributed by atoms with van der Waals surface area (Å²) in [5.41, 5.74) is 2.19. The third kappa shape index (κ3) is 4.59. The number of nitrogens with zero attached hydrogens (tertiary/aromatic N) is 1. The number of ether oxygens (including phenoxy) is 1. The summed E-state index contributed by atoms with van der Waals surface area (Å²) in [5, 5.41) is 0. The van der Waals surface area contributed by atoms with Crippen molar-refractivity contribution in [2.75, 3.05) is 6.61 Å². The van der Waals surface area contributed by atoms with Crippen molar-refractivity contribution in [3.63, 3.8) is 0 Å². The van der Waals surface area contributed by atoms with Gasteiger partial charge >= 0.3 is 11.7 Å². The van der Waals surface area contributed by atoms with Gasteiger partial charge in [0.15, 0.2) is 6.61 Å². The van der Waals surface area contributed by atoms with E-state index in [0.717, 1.165) is 30.0 Å². The zero-order chi connectivity index (χ0) is 23.6. The molecule has 6 nitrogen and oxygen atoms in total. The molecule has 0 saturated heterocycles. The Balaban J connectivity index is 1.72. The molecule has 0 unspecified atom stereocenters. The maximum atomic E-state index is 13.2. The van der Waals surface area contributed by atoms with E-state index in [1.807, 2.05) is 0 Å². The number of carbonyl (C=O) groups excluding carboxylic acids is 2. The summed E-state index contributed by atoms with van der Waals surface area (Å²) in [7, 11) is -4.78. The highest BCUT2D eigenvalue weighted by atomic mass is 32.2. The zero-order valence-corrected chi connectivity index (χ0v) is 17.8. The molecule has 32 heavy (non-hydrogen) atoms. The van der Waals surface area contributed by atoms with Crippen LogP contribution in [0.15, 0.2) is 59.5 Å². The van der Waals surface area contributed by atoms with Gasteiger partial charge in [0.25, 0.3) is 0 Å². The monoisotopic (exact) mass is 465 g/mol. The quantitative estimate of drug-likeness (QED) is 0.385. The van der Waals surface area contributed by atoms with Crippen LogP contribution in [0.25, 0.3) is 5.69 Å². The second-order valence-electron chi connectivity index (χ2n) is 6.93. The van der Waals surface area contributed by atoms with Crippen molar-refractivity contribution in [2.24, 2.45) is 0 Å². The molecule has 0 fully saturated rings. The Bertz CT molecular complexity index is 1260. The standard InChI is InChI=1S/C22H18F3NO5S/c1-13-11-19(14(2)26(13)17-7-5-16(23)6-8-17)20(27)12-31-21(28)15-3-9-18(10-4-15)32(29,30)22(24)25/h3-11,22H,12H2,1-2H3. The molecule has 168 valence electrons. The number of sulfone groups is 1. The van der Waals surface area contributed by atoms with Crippen molar-refractivity contribution in [3.05, 3.63) is 82.9 Å². The Morgan fingerprint density at radius 1 is 1.00 bits per heavy atom. The topological polar surface area (TPSA) is 82.4 Å². The summed E-state index contributed by atoms with van der Waals surface area (Å²) >= 11 is 0. The summed E-state index contributed by atoms with van der Waals surface area (Å²) < 4.78 is 68.0. The van der Waals surface area contributed by atoms with Crippen LogP contribution in [0.4, 0.5) is 13.2 Å². The number of rotatable bonds is 7. The molecule has 1 aromatic heterocycles. The SMILES string of the molecule is Cc1cc(C(=O)COC(=O)c2ccc(S(=O)(=O)C(F)F)cc2)c(C)n1-c1ccc(F)cc1. The van der Waals surface area contributed by atoms with Crippen LogP contribution in [0.1, 0.15) is 32.1 Å². The summed E-state index contributed by atoms with van der Waals surface area (Å²) in [6.07, 6.45) is 0. The van der Waals surface area contributed by atoms with Gasteiger partial charge in [0.2, 0.25) is 15.6 Å². The van der Waals surface area contributed by atoms with E-state index in [9.17, 15) is 31.2 Å². The number of carbonyl (C=O) groups is 2. The molecule has 0 aliphatic heterocycles. The number of halogens is 3. The molecule has 10 heteroatoms. The van der Waals surface area contributed by atoms with E-state index in [1.54, 1.807) is 36.6 Å². The molecule has 3 rings (SSSR count). The Morgan fingerprint density at radius 2 is 1.59 bits per heavy atom. The lowest BCUT2D eigenvalue weighted by Gasteiger charge is -2.10. The predicted octanol–water partition coefficient (Wildman–Crippen LogP) is 4.27. The lowest BCUT2D eigenvalue weighted by Crippen LogP contribution is -2.15. The fourth-order valence-electron chi connectivity index (χ4n) is 3.21. The largest absolute Gasteiger partial charge is 0.454 e. The average Bonchev–Trinajstić information content (AvgIpc) is 3.06. The lowest BCUT2D eigenvalue weighted by atomic mass is 10.1. The highest BCUT2D eigenvalue weighted by molar-refractivity contribution is 7.91. The normalized spacial score (nSPS) is 11.6. The van der Waals surface area contributed by atoms with Gasteiger partial charge in [0, 0.05) is 22.6 Å². The predicted molar refractivity (Wildman–Crippen MR) is 109 cm³/mol. The number of ketones is 1. The van der Waals surface area contributed by atoms with E-state index in [0.29, 0.717) is 16.9 Å². The number of esters is 1. The lowest BCUT2D eigenvalue weighted by molar-refractivity contribution is 0.0474. The number of alkyl halides is 2. The maximum absolute atomic E-state index is 13.2. The Kier molecular flexibility index (Phi) is 6.54. The minimum atomic E-state index is -4.78. The number of aryl methyl sites for hydroxylation is 1. The van der Waals surface area contributed by atoms with E-state index in [-0.39, 0.29) is 11.4 Å². The average molecular weight is 465 g/mol. The van der Waals surface area contributed by atoms with Gasteiger partial charge in [-0.2, -0.15) is 8.78 Å². The van der Waals surface area contributed by atoms with E-state index < -0.39 is 38.8 Å². The molecule has 1 heterocycles. The molecule has 0 N–H and O–H groups in total. The van der Waals surface area contributed by atoms with Gasteiger partial charge in [-0.3, -0.25) is 4.79 Å². The van der Waals surface area contributed by atoms with Gasteiger partial charge in [0.1, 0.15) is 5.82 Å². The molecule has 0 radical (unpaired) electrons. The maximum Gasteiger partial charge on any atom is 0.341 e. The van der Waals surface area contributed by atoms with Gasteiger partial charge in [-0.05, 0) is 68.4 Å². The van der Waals surface area contributed by atoms with Gasteiger partial charge < -0.3 is 9.30 Å². The molecule has 0 saturated carbocycles. The minimum Gasteiger partial charge on any atom is -0.454 e. The first-order chi connectivity index (χ1) is 15.0. The van der Waals surface area contributed by atoms with Crippen LogP contribution in [0.3, 0.4) is 0 Å². The molecular formula is C22H18F3NO5S. The Labute approximate surface area is 182 Å². The molecule has 3 aromatic rings. The molecule has 0 aliphatic rings. The number of aromatic nitrogens is 1. The Morgan fingerprint density at radius 3 is 2.16 bits per heavy atom. The third-order valence-corrected chi connectivity index (χ3v) is 6.20. The van der Waals surface area contributed by atoms with Crippen molar-refractivity contribution in [3.8, 4) is 5.69 Å². The van der Waals surface area contributed by atoms with Crippen LogP contribution in [-0.2, 0) is 14.6 Å². The highest BCUT2D eigenvalue weighted by Crippen LogP contribution is 2.22. The molecule has 0 amide bonds. The number of hydrogen-bond acceptors (Lipinski definition) is 5. The Hall–Kier alpha value is -3.40. The van der Waals surface area contributed by atoms with Gasteiger partial charge in [-0.1, -0.05) is 0 Å². The molecule has 2 aromatic carbocycles. The van der Waals surface area contributed by atoms with Gasteiger partial charge in [0.05, 0.1) is 10.5 Å². The molecule has 0 atom stereocenters. The first-order valence-corrected chi connectivity index (χ1v) is 10.8. The summed E-state index contributed by atoms with van der Waals surface area (Å²) in [6, 6.07) is 11.2. The van der Waals surface area contributed by atoms with Crippen LogP contribution in [-0.4, -0.2) is 37.1 Å². The molecule has 0 aliphatic carbocycles. The summed E-state index contributed by atoms with van der Waals surface area (Å²) in [6.45, 7) is 2.89. The van der Waals surface area contributed by atoms with E-state index >= 15 is 0 Å². The van der Waals surface area contributed by atoms with Crippen molar-refractivity contribution < 1.29 is 35.9 Å². The summed E-state index contributed by atoms with van der Waals surface area (Å²) in [4.78, 5) is 24.1. The van der Waals surface area contributed by atoms with Crippen LogP contribution >= 0.6 is 0 Å². The third-order valence-electron chi connectivity index (χ3n) is 4.80. The summed E-state index contributed by atoms with van der Waals surface area (Å²) in [5.74, 6) is -5.35. The molecule has 0 spiro atoms. The number of benzene rings is 2.